The van der Waals surface area contributed by atoms with Crippen LogP contribution in [0.3, 0.4) is 0 Å². The van der Waals surface area contributed by atoms with E-state index in [9.17, 15) is 30.3 Å². The minimum absolute atomic E-state index is 0.208. The molecular weight excluding hydrogens is 250 g/mol. The standard InChI is InChI=1S/C7H5N3O6.CH4O/c1-4-6(9(13)14)2-5(8(11)12)3-7(4)10(15)16;1-2/h2-3H,1H3;2H,1H3. The van der Waals surface area contributed by atoms with Gasteiger partial charge in [0.1, 0.15) is 5.56 Å². The van der Waals surface area contributed by atoms with Gasteiger partial charge in [0.25, 0.3) is 17.1 Å². The monoisotopic (exact) mass is 259 g/mol. The Morgan fingerprint density at radius 2 is 1.22 bits per heavy atom. The van der Waals surface area contributed by atoms with Crippen LogP contribution in [0, 0.1) is 37.3 Å². The van der Waals surface area contributed by atoms with Crippen molar-refractivity contribution in [3.63, 3.8) is 0 Å². The number of non-ortho nitro benzene ring substituents is 1. The van der Waals surface area contributed by atoms with Crippen molar-refractivity contribution in [2.75, 3.05) is 7.11 Å². The van der Waals surface area contributed by atoms with Crippen molar-refractivity contribution in [2.24, 2.45) is 0 Å². The Bertz CT molecular complexity index is 464. The summed E-state index contributed by atoms with van der Waals surface area (Å²) in [6.07, 6.45) is 0. The largest absolute Gasteiger partial charge is 0.400 e. The van der Waals surface area contributed by atoms with Crippen LogP contribution in [0.4, 0.5) is 17.1 Å². The lowest BCUT2D eigenvalue weighted by Gasteiger charge is -1.99. The van der Waals surface area contributed by atoms with Crippen LogP contribution in [0.1, 0.15) is 5.56 Å². The fourth-order valence-corrected chi connectivity index (χ4v) is 1.15. The van der Waals surface area contributed by atoms with Crippen LogP contribution in [0.15, 0.2) is 12.1 Å². The second-order valence-electron chi connectivity index (χ2n) is 2.88. The molecule has 0 unspecified atom stereocenters. The zero-order valence-corrected chi connectivity index (χ0v) is 9.39. The van der Waals surface area contributed by atoms with E-state index in [4.69, 9.17) is 5.11 Å². The Morgan fingerprint density at radius 3 is 1.44 bits per heavy atom. The first-order valence-corrected chi connectivity index (χ1v) is 4.37. The minimum Gasteiger partial charge on any atom is -0.400 e. The smallest absolute Gasteiger partial charge is 0.286 e. The van der Waals surface area contributed by atoms with Crippen LogP contribution < -0.4 is 0 Å². The van der Waals surface area contributed by atoms with Crippen molar-refractivity contribution in [1.82, 2.24) is 0 Å². The Labute approximate surface area is 99.9 Å². The molecule has 10 nitrogen and oxygen atoms in total. The maximum Gasteiger partial charge on any atom is 0.286 e. The van der Waals surface area contributed by atoms with E-state index in [0.29, 0.717) is 12.1 Å². The summed E-state index contributed by atoms with van der Waals surface area (Å²) in [6, 6.07) is 1.39. The van der Waals surface area contributed by atoms with Crippen LogP contribution in [0.25, 0.3) is 0 Å². The molecule has 0 aliphatic rings. The maximum atomic E-state index is 10.5. The number of hydrogen-bond donors (Lipinski definition) is 1. The molecule has 0 fully saturated rings. The summed E-state index contributed by atoms with van der Waals surface area (Å²) in [5.74, 6) is 0. The van der Waals surface area contributed by atoms with Gasteiger partial charge >= 0.3 is 0 Å². The summed E-state index contributed by atoms with van der Waals surface area (Å²) in [5, 5.41) is 38.5. The summed E-state index contributed by atoms with van der Waals surface area (Å²) in [4.78, 5) is 28.8. The van der Waals surface area contributed by atoms with Crippen molar-refractivity contribution in [1.29, 1.82) is 0 Å². The molecule has 0 bridgehead atoms. The molecule has 10 heteroatoms. The van der Waals surface area contributed by atoms with E-state index < -0.39 is 31.8 Å². The van der Waals surface area contributed by atoms with E-state index in [2.05, 4.69) is 0 Å². The topological polar surface area (TPSA) is 150 Å². The van der Waals surface area contributed by atoms with Crippen molar-refractivity contribution >= 4 is 17.1 Å². The molecule has 0 aromatic heterocycles. The van der Waals surface area contributed by atoms with Crippen LogP contribution in [0.5, 0.6) is 0 Å². The van der Waals surface area contributed by atoms with Gasteiger partial charge in [0, 0.05) is 7.11 Å². The predicted octanol–water partition coefficient (Wildman–Crippen LogP) is 1.33. The summed E-state index contributed by atoms with van der Waals surface area (Å²) in [6.45, 7) is 1.17. The van der Waals surface area contributed by atoms with Crippen LogP contribution >= 0.6 is 0 Å². The highest BCUT2D eigenvalue weighted by molar-refractivity contribution is 5.59. The van der Waals surface area contributed by atoms with Crippen molar-refractivity contribution in [2.45, 2.75) is 6.92 Å². The van der Waals surface area contributed by atoms with E-state index in [1.807, 2.05) is 0 Å². The summed E-state index contributed by atoms with van der Waals surface area (Å²) < 4.78 is 0. The number of hydrogen-bond acceptors (Lipinski definition) is 7. The summed E-state index contributed by atoms with van der Waals surface area (Å²) in [7, 11) is 1.00. The van der Waals surface area contributed by atoms with Gasteiger partial charge in [-0.2, -0.15) is 0 Å². The number of aliphatic hydroxyl groups excluding tert-OH is 1. The van der Waals surface area contributed by atoms with Gasteiger partial charge in [-0.05, 0) is 6.92 Å². The molecule has 1 aromatic rings. The highest BCUT2D eigenvalue weighted by Crippen LogP contribution is 2.32. The molecule has 0 aliphatic heterocycles. The zero-order valence-electron chi connectivity index (χ0n) is 9.39. The van der Waals surface area contributed by atoms with Crippen LogP contribution in [0.2, 0.25) is 0 Å². The van der Waals surface area contributed by atoms with E-state index in [-0.39, 0.29) is 5.56 Å². The molecule has 0 heterocycles. The fraction of sp³-hybridized carbons (Fsp3) is 0.250. The third-order valence-electron chi connectivity index (χ3n) is 1.94. The molecule has 0 radical (unpaired) electrons. The maximum absolute atomic E-state index is 10.5. The predicted molar refractivity (Wildman–Crippen MR) is 59.3 cm³/mol. The van der Waals surface area contributed by atoms with Crippen molar-refractivity contribution in [3.05, 3.63) is 48.0 Å². The summed E-state index contributed by atoms with van der Waals surface area (Å²) in [5.41, 5.74) is -2.16. The molecular formula is C8H9N3O7. The lowest BCUT2D eigenvalue weighted by atomic mass is 10.1. The molecule has 1 rings (SSSR count). The van der Waals surface area contributed by atoms with Crippen molar-refractivity contribution in [3.8, 4) is 0 Å². The van der Waals surface area contributed by atoms with E-state index in [0.717, 1.165) is 7.11 Å². The van der Waals surface area contributed by atoms with Crippen LogP contribution in [-0.2, 0) is 0 Å². The molecule has 1 N–H and O–H groups in total. The van der Waals surface area contributed by atoms with E-state index in [1.54, 1.807) is 0 Å². The van der Waals surface area contributed by atoms with Crippen LogP contribution in [-0.4, -0.2) is 27.0 Å². The number of nitro groups is 3. The van der Waals surface area contributed by atoms with Gasteiger partial charge in [-0.15, -0.1) is 0 Å². The van der Waals surface area contributed by atoms with Gasteiger partial charge in [0.2, 0.25) is 0 Å². The number of nitro benzene ring substituents is 3. The highest BCUT2D eigenvalue weighted by atomic mass is 16.6. The highest BCUT2D eigenvalue weighted by Gasteiger charge is 2.27. The quantitative estimate of drug-likeness (QED) is 0.635. The average molecular weight is 259 g/mol. The molecule has 98 valence electrons. The minimum atomic E-state index is -0.917. The Balaban J connectivity index is 0.00000137. The van der Waals surface area contributed by atoms with Gasteiger partial charge < -0.3 is 5.11 Å². The Morgan fingerprint density at radius 1 is 0.889 bits per heavy atom. The first kappa shape index (κ1) is 15.4. The number of rotatable bonds is 3. The van der Waals surface area contributed by atoms with Gasteiger partial charge in [-0.3, -0.25) is 30.3 Å². The second kappa shape index (κ2) is 6.20. The molecule has 0 atom stereocenters. The normalized spacial score (nSPS) is 9.06. The second-order valence-corrected chi connectivity index (χ2v) is 2.88. The molecule has 1 aromatic carbocycles. The Hall–Kier alpha value is -2.62. The fourth-order valence-electron chi connectivity index (χ4n) is 1.15. The van der Waals surface area contributed by atoms with E-state index in [1.165, 1.54) is 6.92 Å². The van der Waals surface area contributed by atoms with E-state index >= 15 is 0 Å². The average Bonchev–Trinajstić information content (AvgIpc) is 2.30. The molecule has 0 saturated carbocycles. The number of benzene rings is 1. The van der Waals surface area contributed by atoms with Crippen molar-refractivity contribution < 1.29 is 19.9 Å². The number of aliphatic hydroxyl groups is 1. The first-order chi connectivity index (χ1) is 8.34. The third kappa shape index (κ3) is 3.18. The molecule has 0 spiro atoms. The SMILES string of the molecule is CO.Cc1c([N+](=O)[O-])cc([N+](=O)[O-])cc1[N+](=O)[O-]. The molecule has 0 aliphatic carbocycles. The van der Waals surface area contributed by atoms with Gasteiger partial charge in [0.05, 0.1) is 26.9 Å². The van der Waals surface area contributed by atoms with Gasteiger partial charge in [-0.25, -0.2) is 0 Å². The zero-order chi connectivity index (χ0) is 14.5. The lowest BCUT2D eigenvalue weighted by molar-refractivity contribution is -0.403. The van der Waals surface area contributed by atoms with Gasteiger partial charge in [0.15, 0.2) is 0 Å². The lowest BCUT2D eigenvalue weighted by Crippen LogP contribution is -2.00. The third-order valence-corrected chi connectivity index (χ3v) is 1.94. The van der Waals surface area contributed by atoms with Gasteiger partial charge in [-0.1, -0.05) is 0 Å². The molecule has 18 heavy (non-hydrogen) atoms. The first-order valence-electron chi connectivity index (χ1n) is 4.37. The number of nitrogens with zero attached hydrogens (tertiary/aromatic N) is 3. The Kier molecular flexibility index (Phi) is 5.30. The summed E-state index contributed by atoms with van der Waals surface area (Å²) >= 11 is 0. The molecule has 0 amide bonds. The molecule has 0 saturated heterocycles.